The Labute approximate surface area is 114 Å². The Morgan fingerprint density at radius 1 is 1.20 bits per heavy atom. The molecule has 2 aromatic rings. The molecular formula is C14H12N2O4. The second kappa shape index (κ2) is 4.82. The molecule has 0 aliphatic carbocycles. The third kappa shape index (κ3) is 1.96. The predicted octanol–water partition coefficient (Wildman–Crippen LogP) is 1.38. The number of fused-ring (bicyclic) bond motifs is 1. The number of aliphatic carboxylic acids is 1. The fourth-order valence-electron chi connectivity index (χ4n) is 2.27. The van der Waals surface area contributed by atoms with E-state index >= 15 is 0 Å². The lowest BCUT2D eigenvalue weighted by molar-refractivity contribution is -0.144. The van der Waals surface area contributed by atoms with Crippen LogP contribution < -0.4 is 5.01 Å². The topological polar surface area (TPSA) is 71.8 Å². The maximum Gasteiger partial charge on any atom is 0.329 e. The van der Waals surface area contributed by atoms with Gasteiger partial charge in [0.1, 0.15) is 6.61 Å². The zero-order valence-electron chi connectivity index (χ0n) is 10.5. The number of aromatic nitrogens is 1. The fourth-order valence-corrected chi connectivity index (χ4v) is 2.27. The maximum absolute atomic E-state index is 12.4. The van der Waals surface area contributed by atoms with Gasteiger partial charge < -0.3 is 9.84 Å². The number of amides is 1. The number of nitrogens with zero attached hydrogens (tertiary/aromatic N) is 2. The molecule has 1 aromatic heterocycles. The number of carboxylic acid groups (broad SMARTS) is 1. The third-order valence-electron chi connectivity index (χ3n) is 3.09. The van der Waals surface area contributed by atoms with E-state index in [4.69, 9.17) is 9.84 Å². The summed E-state index contributed by atoms with van der Waals surface area (Å²) < 4.78 is 6.97. The standard InChI is InChI=1S/C14H12N2O4/c17-12(18)9-20-14-11-6-2-1-5-10(11)13(19)16(14)15-7-3-4-8-15/h1-8,14H,9H2,(H,17,18). The van der Waals surface area contributed by atoms with Crippen molar-refractivity contribution in [2.75, 3.05) is 11.6 Å². The van der Waals surface area contributed by atoms with Gasteiger partial charge >= 0.3 is 5.97 Å². The first-order valence-electron chi connectivity index (χ1n) is 6.07. The molecule has 0 radical (unpaired) electrons. The van der Waals surface area contributed by atoms with E-state index < -0.39 is 18.8 Å². The molecule has 1 aliphatic heterocycles. The lowest BCUT2D eigenvalue weighted by Crippen LogP contribution is -2.38. The Hall–Kier alpha value is -2.60. The van der Waals surface area contributed by atoms with Crippen LogP contribution >= 0.6 is 0 Å². The number of ether oxygens (including phenoxy) is 1. The van der Waals surface area contributed by atoms with E-state index in [1.165, 1.54) is 5.01 Å². The van der Waals surface area contributed by atoms with Gasteiger partial charge in [0.15, 0.2) is 6.23 Å². The van der Waals surface area contributed by atoms with Crippen LogP contribution in [0.15, 0.2) is 48.8 Å². The highest BCUT2D eigenvalue weighted by atomic mass is 16.5. The van der Waals surface area contributed by atoms with Gasteiger partial charge in [-0.2, -0.15) is 0 Å². The zero-order chi connectivity index (χ0) is 14.1. The Balaban J connectivity index is 2.00. The number of carboxylic acids is 1. The van der Waals surface area contributed by atoms with Crippen molar-refractivity contribution in [2.24, 2.45) is 0 Å². The van der Waals surface area contributed by atoms with Crippen LogP contribution in [0.3, 0.4) is 0 Å². The van der Waals surface area contributed by atoms with Crippen LogP contribution in [0.25, 0.3) is 0 Å². The van der Waals surface area contributed by atoms with Crippen LogP contribution in [-0.4, -0.2) is 28.3 Å². The normalized spacial score (nSPS) is 17.3. The molecule has 3 rings (SSSR count). The minimum Gasteiger partial charge on any atom is -0.480 e. The molecule has 20 heavy (non-hydrogen) atoms. The van der Waals surface area contributed by atoms with Crippen molar-refractivity contribution >= 4 is 11.9 Å². The van der Waals surface area contributed by atoms with Crippen LogP contribution in [0.1, 0.15) is 22.1 Å². The SMILES string of the molecule is O=C(O)COC1c2ccccc2C(=O)N1n1cccc1. The molecule has 1 atom stereocenters. The number of benzene rings is 1. The van der Waals surface area contributed by atoms with E-state index in [1.54, 1.807) is 53.5 Å². The van der Waals surface area contributed by atoms with Gasteiger partial charge in [-0.25, -0.2) is 9.80 Å². The van der Waals surface area contributed by atoms with Crippen molar-refractivity contribution in [3.8, 4) is 0 Å². The fraction of sp³-hybridized carbons (Fsp3) is 0.143. The van der Waals surface area contributed by atoms with Crippen LogP contribution in [0, 0.1) is 0 Å². The molecule has 1 amide bonds. The average molecular weight is 272 g/mol. The number of carbonyl (C=O) groups is 2. The molecule has 0 bridgehead atoms. The van der Waals surface area contributed by atoms with Crippen LogP contribution in [-0.2, 0) is 9.53 Å². The summed E-state index contributed by atoms with van der Waals surface area (Å²) in [7, 11) is 0. The van der Waals surface area contributed by atoms with Gasteiger partial charge in [0.2, 0.25) is 0 Å². The van der Waals surface area contributed by atoms with Gasteiger partial charge in [-0.3, -0.25) is 9.47 Å². The van der Waals surface area contributed by atoms with E-state index in [-0.39, 0.29) is 5.91 Å². The van der Waals surface area contributed by atoms with Crippen molar-refractivity contribution in [1.82, 2.24) is 4.68 Å². The zero-order valence-corrected chi connectivity index (χ0v) is 10.5. The third-order valence-corrected chi connectivity index (χ3v) is 3.09. The minimum absolute atomic E-state index is 0.216. The number of rotatable bonds is 4. The van der Waals surface area contributed by atoms with Gasteiger partial charge in [-0.1, -0.05) is 18.2 Å². The summed E-state index contributed by atoms with van der Waals surface area (Å²) in [5.41, 5.74) is 1.20. The Bertz CT molecular complexity index is 651. The second-order valence-corrected chi connectivity index (χ2v) is 4.36. The van der Waals surface area contributed by atoms with Gasteiger partial charge in [0, 0.05) is 23.5 Å². The summed E-state index contributed by atoms with van der Waals surface area (Å²) in [5, 5.41) is 10.2. The smallest absolute Gasteiger partial charge is 0.329 e. The monoisotopic (exact) mass is 272 g/mol. The summed E-state index contributed by atoms with van der Waals surface area (Å²) in [5.74, 6) is -1.29. The molecule has 0 saturated heterocycles. The van der Waals surface area contributed by atoms with Crippen molar-refractivity contribution < 1.29 is 19.4 Å². The predicted molar refractivity (Wildman–Crippen MR) is 69.8 cm³/mol. The van der Waals surface area contributed by atoms with Crippen LogP contribution in [0.4, 0.5) is 0 Å². The highest BCUT2D eigenvalue weighted by Crippen LogP contribution is 2.33. The second-order valence-electron chi connectivity index (χ2n) is 4.36. The van der Waals surface area contributed by atoms with E-state index in [9.17, 15) is 9.59 Å². The van der Waals surface area contributed by atoms with Crippen molar-refractivity contribution in [3.05, 3.63) is 59.9 Å². The number of hydrogen-bond acceptors (Lipinski definition) is 3. The van der Waals surface area contributed by atoms with Gasteiger partial charge in [-0.15, -0.1) is 0 Å². The van der Waals surface area contributed by atoms with Crippen LogP contribution in [0.5, 0.6) is 0 Å². The first-order chi connectivity index (χ1) is 9.68. The molecule has 0 fully saturated rings. The number of hydrogen-bond donors (Lipinski definition) is 1. The lowest BCUT2D eigenvalue weighted by atomic mass is 10.1. The summed E-state index contributed by atoms with van der Waals surface area (Å²) in [6.07, 6.45) is 2.68. The Morgan fingerprint density at radius 3 is 2.60 bits per heavy atom. The largest absolute Gasteiger partial charge is 0.480 e. The quantitative estimate of drug-likeness (QED) is 0.912. The van der Waals surface area contributed by atoms with E-state index in [0.717, 1.165) is 0 Å². The molecule has 6 heteroatoms. The molecule has 0 spiro atoms. The highest BCUT2D eigenvalue weighted by molar-refractivity contribution is 6.06. The summed E-state index contributed by atoms with van der Waals surface area (Å²) in [6.45, 7) is -0.468. The van der Waals surface area contributed by atoms with Crippen molar-refractivity contribution in [1.29, 1.82) is 0 Å². The van der Waals surface area contributed by atoms with E-state index in [2.05, 4.69) is 0 Å². The summed E-state index contributed by atoms with van der Waals surface area (Å²) >= 11 is 0. The molecule has 6 nitrogen and oxygen atoms in total. The summed E-state index contributed by atoms with van der Waals surface area (Å²) in [4.78, 5) is 23.1. The van der Waals surface area contributed by atoms with E-state index in [0.29, 0.717) is 11.1 Å². The van der Waals surface area contributed by atoms with Crippen LogP contribution in [0.2, 0.25) is 0 Å². The van der Waals surface area contributed by atoms with Gasteiger partial charge in [-0.05, 0) is 18.2 Å². The maximum atomic E-state index is 12.4. The molecule has 2 heterocycles. The average Bonchev–Trinajstić information content (AvgIpc) is 3.04. The number of carbonyl (C=O) groups excluding carboxylic acids is 1. The molecule has 102 valence electrons. The van der Waals surface area contributed by atoms with Gasteiger partial charge in [0.25, 0.3) is 5.91 Å². The molecule has 1 unspecified atom stereocenters. The lowest BCUT2D eigenvalue weighted by Gasteiger charge is -2.25. The van der Waals surface area contributed by atoms with Crippen molar-refractivity contribution in [2.45, 2.75) is 6.23 Å². The molecular weight excluding hydrogens is 260 g/mol. The molecule has 1 N–H and O–H groups in total. The molecule has 0 saturated carbocycles. The van der Waals surface area contributed by atoms with Crippen molar-refractivity contribution in [3.63, 3.8) is 0 Å². The Morgan fingerprint density at radius 2 is 1.90 bits per heavy atom. The highest BCUT2D eigenvalue weighted by Gasteiger charge is 2.38. The Kier molecular flexibility index (Phi) is 3.00. The molecule has 1 aromatic carbocycles. The molecule has 1 aliphatic rings. The first-order valence-corrected chi connectivity index (χ1v) is 6.07. The summed E-state index contributed by atoms with van der Waals surface area (Å²) in [6, 6.07) is 10.6. The first kappa shape index (κ1) is 12.4. The minimum atomic E-state index is -1.07. The van der Waals surface area contributed by atoms with Gasteiger partial charge in [0.05, 0.1) is 0 Å². The van der Waals surface area contributed by atoms with E-state index in [1.807, 2.05) is 0 Å².